The highest BCUT2D eigenvalue weighted by molar-refractivity contribution is 5.59. The Hall–Kier alpha value is -2.70. The van der Waals surface area contributed by atoms with Crippen molar-refractivity contribution in [3.63, 3.8) is 0 Å². The predicted octanol–water partition coefficient (Wildman–Crippen LogP) is 4.01. The molecule has 2 saturated heterocycles. The molecule has 240 valence electrons. The van der Waals surface area contributed by atoms with Gasteiger partial charge in [0.2, 0.25) is 12.2 Å². The largest absolute Gasteiger partial charge is 0.508 e. The van der Waals surface area contributed by atoms with E-state index in [9.17, 15) is 20.1 Å². The van der Waals surface area contributed by atoms with Crippen LogP contribution >= 0.6 is 0 Å². The summed E-state index contributed by atoms with van der Waals surface area (Å²) in [5, 5.41) is 36.7. The third kappa shape index (κ3) is 8.92. The van der Waals surface area contributed by atoms with Gasteiger partial charge in [0.05, 0.1) is 19.3 Å². The summed E-state index contributed by atoms with van der Waals surface area (Å²) in [6.45, 7) is 7.27. The summed E-state index contributed by atoms with van der Waals surface area (Å²) in [5.74, 6) is 0.259. The van der Waals surface area contributed by atoms with Crippen LogP contribution in [0.5, 0.6) is 5.88 Å². The minimum absolute atomic E-state index is 0.0479. The Balaban J connectivity index is 1.41. The van der Waals surface area contributed by atoms with Gasteiger partial charge in [-0.25, -0.2) is 4.79 Å². The van der Waals surface area contributed by atoms with Gasteiger partial charge in [0.25, 0.3) is 0 Å². The molecule has 6 atom stereocenters. The van der Waals surface area contributed by atoms with Crippen LogP contribution in [-0.4, -0.2) is 88.4 Å². The van der Waals surface area contributed by atoms with E-state index in [1.807, 2.05) is 11.6 Å². The summed E-state index contributed by atoms with van der Waals surface area (Å²) in [6.07, 6.45) is 0.556. The maximum absolute atomic E-state index is 12.1. The van der Waals surface area contributed by atoms with Gasteiger partial charge in [-0.3, -0.25) is 4.68 Å². The normalized spacial score (nSPS) is 25.5. The van der Waals surface area contributed by atoms with E-state index in [1.165, 1.54) is 18.4 Å². The average molecular weight is 605 g/mol. The molecule has 1 unspecified atom stereocenters. The van der Waals surface area contributed by atoms with Crippen molar-refractivity contribution in [1.82, 2.24) is 9.78 Å². The summed E-state index contributed by atoms with van der Waals surface area (Å²) >= 11 is 0. The fraction of sp³-hybridized carbons (Fsp3) is 0.688. The summed E-state index contributed by atoms with van der Waals surface area (Å²) in [5.41, 5.74) is 4.03. The van der Waals surface area contributed by atoms with E-state index in [-0.39, 0.29) is 25.1 Å². The molecule has 0 radical (unpaired) electrons. The van der Waals surface area contributed by atoms with Crippen LogP contribution < -0.4 is 4.74 Å². The molecule has 1 aromatic carbocycles. The molecule has 1 aromatic heterocycles. The maximum Gasteiger partial charge on any atom is 0.508 e. The zero-order valence-electron chi connectivity index (χ0n) is 25.7. The molecule has 0 saturated carbocycles. The third-order valence-electron chi connectivity index (χ3n) is 8.28. The first-order valence-electron chi connectivity index (χ1n) is 15.7. The lowest BCUT2D eigenvalue weighted by Crippen LogP contribution is -2.60. The minimum atomic E-state index is -1.59. The van der Waals surface area contributed by atoms with E-state index in [1.54, 1.807) is 0 Å². The van der Waals surface area contributed by atoms with Crippen LogP contribution in [0, 0.1) is 6.92 Å². The van der Waals surface area contributed by atoms with Crippen LogP contribution in [0.4, 0.5) is 4.79 Å². The van der Waals surface area contributed by atoms with Crippen molar-refractivity contribution in [1.29, 1.82) is 0 Å². The van der Waals surface area contributed by atoms with Crippen molar-refractivity contribution in [2.24, 2.45) is 0 Å². The van der Waals surface area contributed by atoms with Gasteiger partial charge >= 0.3 is 6.16 Å². The van der Waals surface area contributed by atoms with Gasteiger partial charge in [0.1, 0.15) is 31.0 Å². The van der Waals surface area contributed by atoms with E-state index in [0.29, 0.717) is 19.6 Å². The molecule has 0 aliphatic carbocycles. The summed E-state index contributed by atoms with van der Waals surface area (Å²) < 4.78 is 29.7. The van der Waals surface area contributed by atoms with Gasteiger partial charge in [-0.2, -0.15) is 0 Å². The Kier molecular flexibility index (Phi) is 12.7. The van der Waals surface area contributed by atoms with Gasteiger partial charge in [-0.15, -0.1) is 5.10 Å². The molecule has 11 nitrogen and oxygen atoms in total. The van der Waals surface area contributed by atoms with E-state index >= 15 is 0 Å². The Morgan fingerprint density at radius 2 is 1.70 bits per heavy atom. The SMILES string of the molecule is CCCCCCCCOC(=O)OC[C@H]1O[C@@H](Oc2nn(C3CCOC3)c(C)c2Cc2ccc(CC)cc2)[C@H](O)[C@@H](O)[C@@H]1O. The fourth-order valence-corrected chi connectivity index (χ4v) is 5.48. The zero-order chi connectivity index (χ0) is 30.8. The lowest BCUT2D eigenvalue weighted by atomic mass is 9.99. The summed E-state index contributed by atoms with van der Waals surface area (Å²) in [4.78, 5) is 12.1. The van der Waals surface area contributed by atoms with Gasteiger partial charge < -0.3 is 39.0 Å². The molecule has 3 N–H and O–H groups in total. The van der Waals surface area contributed by atoms with E-state index in [0.717, 1.165) is 55.3 Å². The van der Waals surface area contributed by atoms with Gasteiger partial charge in [-0.05, 0) is 37.3 Å². The van der Waals surface area contributed by atoms with Crippen LogP contribution in [0.25, 0.3) is 0 Å². The van der Waals surface area contributed by atoms with Crippen LogP contribution in [0.1, 0.15) is 87.2 Å². The number of aromatic nitrogens is 2. The van der Waals surface area contributed by atoms with Crippen LogP contribution in [-0.2, 0) is 31.8 Å². The van der Waals surface area contributed by atoms with Crippen molar-refractivity contribution in [2.45, 2.75) is 115 Å². The lowest BCUT2D eigenvalue weighted by molar-refractivity contribution is -0.278. The maximum atomic E-state index is 12.1. The molecule has 43 heavy (non-hydrogen) atoms. The molecule has 3 heterocycles. The number of aryl methyl sites for hydroxylation is 1. The monoisotopic (exact) mass is 604 g/mol. The first-order valence-corrected chi connectivity index (χ1v) is 15.7. The third-order valence-corrected chi connectivity index (χ3v) is 8.28. The number of carbonyl (C=O) groups excluding carboxylic acids is 1. The van der Waals surface area contributed by atoms with Crippen molar-refractivity contribution < 1.29 is 43.8 Å². The zero-order valence-corrected chi connectivity index (χ0v) is 25.7. The predicted molar refractivity (Wildman–Crippen MR) is 158 cm³/mol. The standard InChI is InChI=1S/C32H48N2O9/c1-4-6-7-8-9-10-16-40-32(38)41-20-26-27(35)28(36)29(37)31(42-26)43-30-25(18-23-13-11-22(5-2)12-14-23)21(3)34(33-30)24-15-17-39-19-24/h11-14,24,26-29,31,35-37H,4-10,15-20H2,1-3H3/t24?,26-,27-,28+,29-,31+/m1/s1. The van der Waals surface area contributed by atoms with E-state index in [2.05, 4.69) is 38.1 Å². The second-order valence-corrected chi connectivity index (χ2v) is 11.5. The molecular weight excluding hydrogens is 556 g/mol. The molecule has 2 aromatic rings. The number of nitrogens with zero attached hydrogens (tertiary/aromatic N) is 2. The van der Waals surface area contributed by atoms with Crippen LogP contribution in [0.3, 0.4) is 0 Å². The molecule has 4 rings (SSSR count). The average Bonchev–Trinajstić information content (AvgIpc) is 3.65. The number of ether oxygens (including phenoxy) is 5. The number of benzene rings is 1. The Bertz CT molecular complexity index is 1130. The second kappa shape index (κ2) is 16.4. The first-order chi connectivity index (χ1) is 20.8. The molecule has 11 heteroatoms. The Labute approximate surface area is 254 Å². The molecule has 0 bridgehead atoms. The number of hydrogen-bond acceptors (Lipinski definition) is 10. The van der Waals surface area contributed by atoms with Crippen molar-refractivity contribution in [3.05, 3.63) is 46.6 Å². The number of aliphatic hydroxyl groups excluding tert-OH is 3. The number of aliphatic hydroxyl groups is 3. The van der Waals surface area contributed by atoms with Gasteiger partial charge in [0.15, 0.2) is 0 Å². The minimum Gasteiger partial charge on any atom is -0.443 e. The van der Waals surface area contributed by atoms with Gasteiger partial charge in [-0.1, -0.05) is 70.2 Å². The lowest BCUT2D eigenvalue weighted by Gasteiger charge is -2.39. The summed E-state index contributed by atoms with van der Waals surface area (Å²) in [6, 6.07) is 8.38. The number of hydrogen-bond donors (Lipinski definition) is 3. The highest BCUT2D eigenvalue weighted by atomic mass is 16.7. The van der Waals surface area contributed by atoms with Crippen LogP contribution in [0.2, 0.25) is 0 Å². The van der Waals surface area contributed by atoms with Crippen molar-refractivity contribution in [2.75, 3.05) is 26.4 Å². The first kappa shape index (κ1) is 33.2. The smallest absolute Gasteiger partial charge is 0.443 e. The number of rotatable bonds is 15. The van der Waals surface area contributed by atoms with Crippen LogP contribution in [0.15, 0.2) is 24.3 Å². The fourth-order valence-electron chi connectivity index (χ4n) is 5.48. The number of carbonyl (C=O) groups is 1. The quantitative estimate of drug-likeness (QED) is 0.202. The second-order valence-electron chi connectivity index (χ2n) is 11.5. The van der Waals surface area contributed by atoms with E-state index < -0.39 is 36.9 Å². The van der Waals surface area contributed by atoms with E-state index in [4.69, 9.17) is 28.8 Å². The Morgan fingerprint density at radius 1 is 0.977 bits per heavy atom. The van der Waals surface area contributed by atoms with Crippen molar-refractivity contribution in [3.8, 4) is 5.88 Å². The molecule has 2 aliphatic heterocycles. The molecule has 0 spiro atoms. The van der Waals surface area contributed by atoms with Crippen molar-refractivity contribution >= 4 is 6.16 Å². The summed E-state index contributed by atoms with van der Waals surface area (Å²) in [7, 11) is 0. The highest BCUT2D eigenvalue weighted by Crippen LogP contribution is 2.32. The Morgan fingerprint density at radius 3 is 2.40 bits per heavy atom. The molecule has 2 fully saturated rings. The molecule has 2 aliphatic rings. The number of unbranched alkanes of at least 4 members (excludes halogenated alkanes) is 5. The molecular formula is C32H48N2O9. The molecule has 0 amide bonds. The van der Waals surface area contributed by atoms with Gasteiger partial charge in [0, 0.05) is 24.3 Å². The topological polar surface area (TPSA) is 142 Å². The highest BCUT2D eigenvalue weighted by Gasteiger charge is 2.46.